The smallest absolute Gasteiger partial charge is 0.358 e. The molecule has 19 heavy (non-hydrogen) atoms. The van der Waals surface area contributed by atoms with Gasteiger partial charge in [0.15, 0.2) is 6.20 Å². The Hall–Kier alpha value is -1.50. The molecule has 0 radical (unpaired) electrons. The Kier molecular flexibility index (Phi) is 5.41. The summed E-state index contributed by atoms with van der Waals surface area (Å²) in [5.74, 6) is -0.381. The minimum absolute atomic E-state index is 0.0339. The fourth-order valence-electron chi connectivity index (χ4n) is 1.69. The average molecular weight is 330 g/mol. The molecule has 1 amide bonds. The van der Waals surface area contributed by atoms with E-state index in [0.717, 1.165) is 6.42 Å². The molecule has 1 unspecified atom stereocenters. The number of hydrogen-bond donors (Lipinski definition) is 1. The normalized spacial score (nSPS) is 12.3. The molecule has 0 spiro atoms. The lowest BCUT2D eigenvalue weighted by atomic mass is 10.0. The first-order chi connectivity index (χ1) is 8.86. The number of aromatic nitrogens is 1. The van der Waals surface area contributed by atoms with Crippen molar-refractivity contribution in [2.24, 2.45) is 5.92 Å². The van der Waals surface area contributed by atoms with Gasteiger partial charge in [-0.05, 0) is 38.2 Å². The molecular weight excluding hydrogens is 314 g/mol. The van der Waals surface area contributed by atoms with E-state index >= 15 is 0 Å². The molecule has 1 rings (SSSR count). The number of nitro groups is 1. The molecule has 0 bridgehead atoms. The molecule has 1 aromatic heterocycles. The summed E-state index contributed by atoms with van der Waals surface area (Å²) in [6.45, 7) is 6.01. The van der Waals surface area contributed by atoms with Crippen molar-refractivity contribution < 1.29 is 9.72 Å². The molecule has 1 heterocycles. The van der Waals surface area contributed by atoms with E-state index in [1.807, 2.05) is 20.8 Å². The predicted molar refractivity (Wildman–Crippen MR) is 75.0 cm³/mol. The standard InChI is InChI=1S/C12H16BrN3O3/c1-4-10(7(2)3)15-12(17)8-5-11(16(18)19)14-6-9(8)13/h5-7,10H,4H2,1-3H3,(H,15,17). The summed E-state index contributed by atoms with van der Waals surface area (Å²) < 4.78 is 0.439. The number of rotatable bonds is 5. The Morgan fingerprint density at radius 2 is 2.21 bits per heavy atom. The summed E-state index contributed by atoms with van der Waals surface area (Å²) in [4.78, 5) is 25.8. The van der Waals surface area contributed by atoms with Gasteiger partial charge in [-0.15, -0.1) is 0 Å². The highest BCUT2D eigenvalue weighted by molar-refractivity contribution is 9.10. The SMILES string of the molecule is CCC(NC(=O)c1cc([N+](=O)[O-])ncc1Br)C(C)C. The number of nitrogens with one attached hydrogen (secondary N) is 1. The summed E-state index contributed by atoms with van der Waals surface area (Å²) in [5, 5.41) is 13.5. The minimum atomic E-state index is -0.622. The predicted octanol–water partition coefficient (Wildman–Crippen LogP) is 2.92. The molecule has 6 nitrogen and oxygen atoms in total. The van der Waals surface area contributed by atoms with Crippen LogP contribution in [0.25, 0.3) is 0 Å². The molecule has 0 saturated heterocycles. The molecule has 1 atom stereocenters. The van der Waals surface area contributed by atoms with Crippen LogP contribution < -0.4 is 5.32 Å². The number of carbonyl (C=O) groups is 1. The highest BCUT2D eigenvalue weighted by Crippen LogP contribution is 2.20. The largest absolute Gasteiger partial charge is 0.364 e. The van der Waals surface area contributed by atoms with Crippen LogP contribution in [-0.2, 0) is 0 Å². The monoisotopic (exact) mass is 329 g/mol. The Bertz CT molecular complexity index is 491. The fourth-order valence-corrected chi connectivity index (χ4v) is 2.08. The Labute approximate surface area is 119 Å². The van der Waals surface area contributed by atoms with Gasteiger partial charge in [-0.1, -0.05) is 20.8 Å². The zero-order valence-electron chi connectivity index (χ0n) is 11.0. The summed E-state index contributed by atoms with van der Waals surface area (Å²) in [6.07, 6.45) is 2.07. The van der Waals surface area contributed by atoms with Gasteiger partial charge < -0.3 is 15.4 Å². The maximum Gasteiger partial charge on any atom is 0.364 e. The lowest BCUT2D eigenvalue weighted by Gasteiger charge is -2.20. The Morgan fingerprint density at radius 3 is 2.68 bits per heavy atom. The second-order valence-electron chi connectivity index (χ2n) is 4.51. The third kappa shape index (κ3) is 3.99. The zero-order chi connectivity index (χ0) is 14.6. The number of nitrogens with zero attached hydrogens (tertiary/aromatic N) is 2. The van der Waals surface area contributed by atoms with Crippen LogP contribution in [0.5, 0.6) is 0 Å². The van der Waals surface area contributed by atoms with Crippen LogP contribution in [0.4, 0.5) is 5.82 Å². The molecule has 0 fully saturated rings. The number of carbonyl (C=O) groups excluding carboxylic acids is 1. The van der Waals surface area contributed by atoms with Gasteiger partial charge in [-0.2, -0.15) is 0 Å². The second-order valence-corrected chi connectivity index (χ2v) is 5.37. The van der Waals surface area contributed by atoms with Crippen LogP contribution in [0, 0.1) is 16.0 Å². The molecule has 0 aliphatic rings. The minimum Gasteiger partial charge on any atom is -0.358 e. The van der Waals surface area contributed by atoms with Crippen molar-refractivity contribution in [1.82, 2.24) is 10.3 Å². The molecule has 104 valence electrons. The van der Waals surface area contributed by atoms with Crippen LogP contribution in [0.15, 0.2) is 16.7 Å². The van der Waals surface area contributed by atoms with E-state index in [0.29, 0.717) is 10.4 Å². The molecular formula is C12H16BrN3O3. The van der Waals surface area contributed by atoms with Crippen LogP contribution >= 0.6 is 15.9 Å². The van der Waals surface area contributed by atoms with E-state index in [1.165, 1.54) is 12.3 Å². The lowest BCUT2D eigenvalue weighted by Crippen LogP contribution is -2.38. The molecule has 1 N–H and O–H groups in total. The van der Waals surface area contributed by atoms with Crippen LogP contribution in [0.2, 0.25) is 0 Å². The first-order valence-electron chi connectivity index (χ1n) is 5.97. The summed E-state index contributed by atoms with van der Waals surface area (Å²) >= 11 is 3.18. The van der Waals surface area contributed by atoms with E-state index < -0.39 is 4.92 Å². The molecule has 0 aliphatic carbocycles. The van der Waals surface area contributed by atoms with Crippen LogP contribution in [-0.4, -0.2) is 21.9 Å². The average Bonchev–Trinajstić information content (AvgIpc) is 2.35. The van der Waals surface area contributed by atoms with Crippen molar-refractivity contribution in [2.45, 2.75) is 33.2 Å². The Balaban J connectivity index is 2.99. The highest BCUT2D eigenvalue weighted by Gasteiger charge is 2.20. The van der Waals surface area contributed by atoms with Crippen LogP contribution in [0.1, 0.15) is 37.6 Å². The van der Waals surface area contributed by atoms with Crippen molar-refractivity contribution in [3.8, 4) is 0 Å². The first kappa shape index (κ1) is 15.6. The summed E-state index contributed by atoms with van der Waals surface area (Å²) in [7, 11) is 0. The zero-order valence-corrected chi connectivity index (χ0v) is 12.6. The maximum atomic E-state index is 12.1. The van der Waals surface area contributed by atoms with Gasteiger partial charge in [0, 0.05) is 12.1 Å². The van der Waals surface area contributed by atoms with E-state index in [4.69, 9.17) is 0 Å². The Morgan fingerprint density at radius 1 is 1.58 bits per heavy atom. The van der Waals surface area contributed by atoms with E-state index in [1.54, 1.807) is 0 Å². The third-order valence-corrected chi connectivity index (χ3v) is 3.47. The molecule has 0 aromatic carbocycles. The van der Waals surface area contributed by atoms with E-state index in [2.05, 4.69) is 26.2 Å². The summed E-state index contributed by atoms with van der Waals surface area (Å²) in [5.41, 5.74) is 0.223. The van der Waals surface area contributed by atoms with Gasteiger partial charge in [0.05, 0.1) is 10.0 Å². The van der Waals surface area contributed by atoms with Gasteiger partial charge in [0.2, 0.25) is 0 Å². The highest BCUT2D eigenvalue weighted by atomic mass is 79.9. The molecule has 7 heteroatoms. The third-order valence-electron chi connectivity index (χ3n) is 2.83. The van der Waals surface area contributed by atoms with Gasteiger partial charge in [0.25, 0.3) is 5.91 Å². The lowest BCUT2D eigenvalue weighted by molar-refractivity contribution is -0.389. The van der Waals surface area contributed by atoms with Crippen molar-refractivity contribution in [3.63, 3.8) is 0 Å². The van der Waals surface area contributed by atoms with E-state index in [-0.39, 0.29) is 23.3 Å². The molecule has 1 aromatic rings. The van der Waals surface area contributed by atoms with Crippen LogP contribution in [0.3, 0.4) is 0 Å². The van der Waals surface area contributed by atoms with Crippen molar-refractivity contribution in [3.05, 3.63) is 32.4 Å². The molecule has 0 aliphatic heterocycles. The quantitative estimate of drug-likeness (QED) is 0.664. The van der Waals surface area contributed by atoms with E-state index in [9.17, 15) is 14.9 Å². The first-order valence-corrected chi connectivity index (χ1v) is 6.76. The second kappa shape index (κ2) is 6.60. The van der Waals surface area contributed by atoms with Crippen molar-refractivity contribution in [2.75, 3.05) is 0 Å². The van der Waals surface area contributed by atoms with Gasteiger partial charge in [0.1, 0.15) is 0 Å². The molecule has 0 saturated carbocycles. The fraction of sp³-hybridized carbons (Fsp3) is 0.500. The summed E-state index contributed by atoms with van der Waals surface area (Å²) in [6, 6.07) is 1.21. The van der Waals surface area contributed by atoms with Crippen molar-refractivity contribution >= 4 is 27.7 Å². The maximum absolute atomic E-state index is 12.1. The van der Waals surface area contributed by atoms with Crippen molar-refractivity contribution in [1.29, 1.82) is 0 Å². The topological polar surface area (TPSA) is 85.1 Å². The van der Waals surface area contributed by atoms with Gasteiger partial charge in [-0.3, -0.25) is 4.79 Å². The number of hydrogen-bond acceptors (Lipinski definition) is 4. The van der Waals surface area contributed by atoms with Gasteiger partial charge in [-0.25, -0.2) is 0 Å². The number of amides is 1. The van der Waals surface area contributed by atoms with Gasteiger partial charge >= 0.3 is 5.82 Å². The number of halogens is 1. The number of pyridine rings is 1.